The lowest BCUT2D eigenvalue weighted by Crippen LogP contribution is -2.28. The first kappa shape index (κ1) is 20.5. The second-order valence-electron chi connectivity index (χ2n) is 6.17. The molecule has 1 heterocycles. The van der Waals surface area contributed by atoms with Crippen LogP contribution in [0.25, 0.3) is 0 Å². The van der Waals surface area contributed by atoms with E-state index in [4.69, 9.17) is 0 Å². The van der Waals surface area contributed by atoms with Gasteiger partial charge in [0.25, 0.3) is 5.91 Å². The zero-order valence-electron chi connectivity index (χ0n) is 14.5. The summed E-state index contributed by atoms with van der Waals surface area (Å²) in [5.41, 5.74) is 2.31. The van der Waals surface area contributed by atoms with Crippen molar-refractivity contribution in [1.29, 1.82) is 0 Å². The Morgan fingerprint density at radius 1 is 1.25 bits per heavy atom. The molecule has 1 aromatic carbocycles. The van der Waals surface area contributed by atoms with E-state index in [1.54, 1.807) is 6.07 Å². The number of halogens is 1. The van der Waals surface area contributed by atoms with Crippen LogP contribution in [0, 0.1) is 12.8 Å². The van der Waals surface area contributed by atoms with Gasteiger partial charge in [0.15, 0.2) is 0 Å². The summed E-state index contributed by atoms with van der Waals surface area (Å²) in [5.74, 6) is 0.625. The van der Waals surface area contributed by atoms with Crippen molar-refractivity contribution in [2.75, 3.05) is 25.0 Å². The van der Waals surface area contributed by atoms with Crippen molar-refractivity contribution in [2.45, 2.75) is 39.5 Å². The Morgan fingerprint density at radius 2 is 1.96 bits per heavy atom. The van der Waals surface area contributed by atoms with Crippen molar-refractivity contribution in [2.24, 2.45) is 5.92 Å². The molecule has 1 saturated heterocycles. The van der Waals surface area contributed by atoms with E-state index in [0.29, 0.717) is 24.4 Å². The van der Waals surface area contributed by atoms with Crippen LogP contribution in [0.1, 0.15) is 48.5 Å². The van der Waals surface area contributed by atoms with Crippen LogP contribution in [0.3, 0.4) is 0 Å². The monoisotopic (exact) mass is 353 g/mol. The molecule has 0 unspecified atom stereocenters. The number of nitrogens with one attached hydrogen (secondary N) is 3. The van der Waals surface area contributed by atoms with E-state index in [1.165, 1.54) is 0 Å². The zero-order chi connectivity index (χ0) is 16.7. The number of anilines is 1. The van der Waals surface area contributed by atoms with Gasteiger partial charge in [0.2, 0.25) is 5.91 Å². The van der Waals surface area contributed by atoms with Gasteiger partial charge in [0.05, 0.1) is 0 Å². The summed E-state index contributed by atoms with van der Waals surface area (Å²) in [6, 6.07) is 5.37. The van der Waals surface area contributed by atoms with Crippen molar-refractivity contribution < 1.29 is 9.59 Å². The standard InChI is InChI=1S/C18H27N3O2.ClH/c1-3-20-18(23)15-5-6-16(13(2)12-15)21-17(22)7-4-14-8-10-19-11-9-14;/h5-6,12,14,19H,3-4,7-11H2,1-2H3,(H,20,23)(H,21,22);1H. The molecule has 134 valence electrons. The first-order valence-corrected chi connectivity index (χ1v) is 8.49. The van der Waals surface area contributed by atoms with Gasteiger partial charge in [-0.25, -0.2) is 0 Å². The third kappa shape index (κ3) is 6.13. The van der Waals surface area contributed by atoms with Crippen LogP contribution in [0.15, 0.2) is 18.2 Å². The fourth-order valence-electron chi connectivity index (χ4n) is 2.93. The smallest absolute Gasteiger partial charge is 0.251 e. The Bertz CT molecular complexity index is 557. The van der Waals surface area contributed by atoms with Gasteiger partial charge in [-0.15, -0.1) is 12.4 Å². The average molecular weight is 354 g/mol. The normalized spacial score (nSPS) is 14.6. The van der Waals surface area contributed by atoms with E-state index in [9.17, 15) is 9.59 Å². The number of hydrogen-bond acceptors (Lipinski definition) is 3. The highest BCUT2D eigenvalue weighted by atomic mass is 35.5. The van der Waals surface area contributed by atoms with Gasteiger partial charge >= 0.3 is 0 Å². The molecule has 0 spiro atoms. The Balaban J connectivity index is 0.00000288. The molecule has 1 aliphatic heterocycles. The highest BCUT2D eigenvalue weighted by molar-refractivity contribution is 5.96. The van der Waals surface area contributed by atoms with E-state index in [2.05, 4.69) is 16.0 Å². The first-order valence-electron chi connectivity index (χ1n) is 8.49. The molecule has 1 fully saturated rings. The third-order valence-corrected chi connectivity index (χ3v) is 4.34. The van der Waals surface area contributed by atoms with Crippen LogP contribution in [-0.2, 0) is 4.79 Å². The van der Waals surface area contributed by atoms with Crippen LogP contribution in [0.2, 0.25) is 0 Å². The third-order valence-electron chi connectivity index (χ3n) is 4.34. The van der Waals surface area contributed by atoms with E-state index in [1.807, 2.05) is 26.0 Å². The Labute approximate surface area is 150 Å². The molecule has 0 saturated carbocycles. The summed E-state index contributed by atoms with van der Waals surface area (Å²) in [7, 11) is 0. The molecule has 0 aromatic heterocycles. The summed E-state index contributed by atoms with van der Waals surface area (Å²) in [6.45, 7) is 6.53. The fraction of sp³-hybridized carbons (Fsp3) is 0.556. The number of benzene rings is 1. The SMILES string of the molecule is CCNC(=O)c1ccc(NC(=O)CCC2CCNCC2)c(C)c1.Cl. The molecule has 6 heteroatoms. The van der Waals surface area contributed by atoms with E-state index >= 15 is 0 Å². The topological polar surface area (TPSA) is 70.2 Å². The van der Waals surface area contributed by atoms with Gasteiger partial charge in [-0.3, -0.25) is 9.59 Å². The second kappa shape index (κ2) is 10.3. The minimum Gasteiger partial charge on any atom is -0.352 e. The number of carbonyl (C=O) groups is 2. The molecule has 0 radical (unpaired) electrons. The molecule has 3 N–H and O–H groups in total. The van der Waals surface area contributed by atoms with Crippen LogP contribution < -0.4 is 16.0 Å². The maximum Gasteiger partial charge on any atom is 0.251 e. The second-order valence-corrected chi connectivity index (χ2v) is 6.17. The maximum atomic E-state index is 12.1. The number of aryl methyl sites for hydroxylation is 1. The lowest BCUT2D eigenvalue weighted by atomic mass is 9.93. The van der Waals surface area contributed by atoms with E-state index < -0.39 is 0 Å². The largest absolute Gasteiger partial charge is 0.352 e. The van der Waals surface area contributed by atoms with Crippen LogP contribution in [0.5, 0.6) is 0 Å². The van der Waals surface area contributed by atoms with Crippen molar-refractivity contribution in [3.63, 3.8) is 0 Å². The average Bonchev–Trinajstić information content (AvgIpc) is 2.56. The lowest BCUT2D eigenvalue weighted by molar-refractivity contribution is -0.116. The quantitative estimate of drug-likeness (QED) is 0.736. The predicted octanol–water partition coefficient (Wildman–Crippen LogP) is 2.88. The number of carbonyl (C=O) groups excluding carboxylic acids is 2. The molecular formula is C18H28ClN3O2. The first-order chi connectivity index (χ1) is 11.1. The summed E-state index contributed by atoms with van der Waals surface area (Å²) in [6.07, 6.45) is 3.83. The maximum absolute atomic E-state index is 12.1. The van der Waals surface area contributed by atoms with Crippen molar-refractivity contribution in [3.8, 4) is 0 Å². The molecule has 1 aliphatic rings. The molecule has 0 aliphatic carbocycles. The summed E-state index contributed by atoms with van der Waals surface area (Å²) in [4.78, 5) is 23.9. The Hall–Kier alpha value is -1.59. The molecule has 5 nitrogen and oxygen atoms in total. The highest BCUT2D eigenvalue weighted by Crippen LogP contribution is 2.20. The summed E-state index contributed by atoms with van der Waals surface area (Å²) in [5, 5.41) is 9.08. The van der Waals surface area contributed by atoms with E-state index in [-0.39, 0.29) is 24.2 Å². The molecule has 24 heavy (non-hydrogen) atoms. The van der Waals surface area contributed by atoms with Gasteiger partial charge in [-0.1, -0.05) is 0 Å². The van der Waals surface area contributed by atoms with Crippen LogP contribution in [0.4, 0.5) is 5.69 Å². The van der Waals surface area contributed by atoms with Gasteiger partial charge < -0.3 is 16.0 Å². The van der Waals surface area contributed by atoms with Crippen LogP contribution >= 0.6 is 12.4 Å². The minimum absolute atomic E-state index is 0. The van der Waals surface area contributed by atoms with Crippen molar-refractivity contribution >= 4 is 29.9 Å². The molecular weight excluding hydrogens is 326 g/mol. The van der Waals surface area contributed by atoms with Gasteiger partial charge in [0, 0.05) is 24.2 Å². The molecule has 0 atom stereocenters. The molecule has 1 aromatic rings. The number of piperidine rings is 1. The number of amides is 2. The fourth-order valence-corrected chi connectivity index (χ4v) is 2.93. The number of hydrogen-bond donors (Lipinski definition) is 3. The molecule has 2 rings (SSSR count). The van der Waals surface area contributed by atoms with Gasteiger partial charge in [-0.05, 0) is 75.9 Å². The number of rotatable bonds is 6. The minimum atomic E-state index is -0.0839. The Morgan fingerprint density at radius 3 is 2.58 bits per heavy atom. The zero-order valence-corrected chi connectivity index (χ0v) is 15.3. The van der Waals surface area contributed by atoms with E-state index in [0.717, 1.165) is 43.6 Å². The lowest BCUT2D eigenvalue weighted by Gasteiger charge is -2.22. The van der Waals surface area contributed by atoms with Crippen molar-refractivity contribution in [3.05, 3.63) is 29.3 Å². The van der Waals surface area contributed by atoms with Gasteiger partial charge in [0.1, 0.15) is 0 Å². The van der Waals surface area contributed by atoms with Crippen LogP contribution in [-0.4, -0.2) is 31.4 Å². The molecule has 0 bridgehead atoms. The van der Waals surface area contributed by atoms with Crippen molar-refractivity contribution in [1.82, 2.24) is 10.6 Å². The molecule has 2 amide bonds. The summed E-state index contributed by atoms with van der Waals surface area (Å²) < 4.78 is 0. The predicted molar refractivity (Wildman–Crippen MR) is 99.9 cm³/mol. The summed E-state index contributed by atoms with van der Waals surface area (Å²) >= 11 is 0. The Kier molecular flexibility index (Phi) is 8.79. The van der Waals surface area contributed by atoms with Gasteiger partial charge in [-0.2, -0.15) is 0 Å². The highest BCUT2D eigenvalue weighted by Gasteiger charge is 2.15.